The topological polar surface area (TPSA) is 75.5 Å². The van der Waals surface area contributed by atoms with Crippen LogP contribution < -0.4 is 5.32 Å². The van der Waals surface area contributed by atoms with E-state index in [1.807, 2.05) is 11.9 Å². The van der Waals surface area contributed by atoms with Gasteiger partial charge in [0.2, 0.25) is 5.91 Å². The molecule has 1 aromatic rings. The van der Waals surface area contributed by atoms with E-state index in [0.29, 0.717) is 5.69 Å². The molecule has 0 heterocycles. The van der Waals surface area contributed by atoms with E-state index in [9.17, 15) is 14.9 Å². The highest BCUT2D eigenvalue weighted by Gasteiger charge is 2.25. The van der Waals surface area contributed by atoms with E-state index in [1.165, 1.54) is 18.2 Å². The molecular weight excluding hydrogens is 306 g/mol. The second kappa shape index (κ2) is 7.07. The Labute approximate surface area is 135 Å². The molecule has 122 valence electrons. The number of nitro benzene ring substituents is 1. The van der Waals surface area contributed by atoms with Gasteiger partial charge in [-0.2, -0.15) is 0 Å². The molecule has 0 spiro atoms. The van der Waals surface area contributed by atoms with Gasteiger partial charge < -0.3 is 5.32 Å². The summed E-state index contributed by atoms with van der Waals surface area (Å²) in [6, 6.07) is 4.18. The lowest BCUT2D eigenvalue weighted by atomic mass is 9.87. The first-order valence-corrected chi connectivity index (χ1v) is 7.34. The molecule has 0 saturated carbocycles. The van der Waals surface area contributed by atoms with Gasteiger partial charge in [0.25, 0.3) is 5.69 Å². The van der Waals surface area contributed by atoms with Gasteiger partial charge in [0, 0.05) is 18.2 Å². The number of anilines is 1. The molecule has 0 aliphatic heterocycles. The van der Waals surface area contributed by atoms with Crippen molar-refractivity contribution in [3.63, 3.8) is 0 Å². The van der Waals surface area contributed by atoms with Crippen molar-refractivity contribution in [3.05, 3.63) is 33.3 Å². The monoisotopic (exact) mass is 327 g/mol. The summed E-state index contributed by atoms with van der Waals surface area (Å²) in [5, 5.41) is 13.5. The summed E-state index contributed by atoms with van der Waals surface area (Å²) in [5.74, 6) is -0.214. The molecule has 0 saturated heterocycles. The predicted octanol–water partition coefficient (Wildman–Crippen LogP) is 3.55. The van der Waals surface area contributed by atoms with Gasteiger partial charge in [-0.3, -0.25) is 19.8 Å². The maximum absolute atomic E-state index is 12.1. The number of halogens is 1. The average molecular weight is 328 g/mol. The smallest absolute Gasteiger partial charge is 0.271 e. The number of non-ortho nitro benzene ring substituents is 1. The fourth-order valence-corrected chi connectivity index (χ4v) is 2.16. The molecule has 0 bridgehead atoms. The van der Waals surface area contributed by atoms with Gasteiger partial charge >= 0.3 is 0 Å². The molecule has 1 aromatic carbocycles. The summed E-state index contributed by atoms with van der Waals surface area (Å²) < 4.78 is 0. The van der Waals surface area contributed by atoms with Crippen LogP contribution in [-0.4, -0.2) is 35.4 Å². The Morgan fingerprint density at radius 2 is 2.05 bits per heavy atom. The quantitative estimate of drug-likeness (QED) is 0.662. The summed E-state index contributed by atoms with van der Waals surface area (Å²) in [5.41, 5.74) is 0.315. The van der Waals surface area contributed by atoms with Crippen LogP contribution >= 0.6 is 11.6 Å². The lowest BCUT2D eigenvalue weighted by molar-refractivity contribution is -0.384. The molecule has 0 aromatic heterocycles. The van der Waals surface area contributed by atoms with Crippen LogP contribution in [0.3, 0.4) is 0 Å². The van der Waals surface area contributed by atoms with E-state index in [4.69, 9.17) is 11.6 Å². The number of nitrogens with one attached hydrogen (secondary N) is 1. The Hall–Kier alpha value is -1.66. The van der Waals surface area contributed by atoms with Crippen LogP contribution in [0.2, 0.25) is 5.02 Å². The minimum absolute atomic E-state index is 0.0556. The molecule has 22 heavy (non-hydrogen) atoms. The Bertz CT molecular complexity index is 570. The largest absolute Gasteiger partial charge is 0.324 e. The lowest BCUT2D eigenvalue weighted by Crippen LogP contribution is -2.43. The molecule has 0 fully saturated rings. The van der Waals surface area contributed by atoms with E-state index in [2.05, 4.69) is 33.0 Å². The summed E-state index contributed by atoms with van der Waals surface area (Å²) in [7, 11) is 1.88. The van der Waals surface area contributed by atoms with Gasteiger partial charge in [0.15, 0.2) is 0 Å². The predicted molar refractivity (Wildman–Crippen MR) is 88.3 cm³/mol. The molecule has 7 heteroatoms. The van der Waals surface area contributed by atoms with E-state index in [0.717, 1.165) is 0 Å². The first kappa shape index (κ1) is 18.4. The summed E-state index contributed by atoms with van der Waals surface area (Å²) in [4.78, 5) is 24.2. The van der Waals surface area contributed by atoms with Gasteiger partial charge in [-0.1, -0.05) is 32.4 Å². The number of hydrogen-bond acceptors (Lipinski definition) is 4. The van der Waals surface area contributed by atoms with Crippen molar-refractivity contribution in [2.24, 2.45) is 5.41 Å². The number of amides is 1. The third-order valence-electron chi connectivity index (χ3n) is 3.75. The van der Waals surface area contributed by atoms with E-state index < -0.39 is 4.92 Å². The van der Waals surface area contributed by atoms with Crippen LogP contribution in [-0.2, 0) is 4.79 Å². The van der Waals surface area contributed by atoms with Crippen LogP contribution in [0.4, 0.5) is 11.4 Å². The molecule has 0 radical (unpaired) electrons. The van der Waals surface area contributed by atoms with Crippen LogP contribution in [0.15, 0.2) is 18.2 Å². The highest BCUT2D eigenvalue weighted by atomic mass is 35.5. The molecule has 1 amide bonds. The molecule has 1 unspecified atom stereocenters. The van der Waals surface area contributed by atoms with Gasteiger partial charge in [-0.05, 0) is 25.5 Å². The van der Waals surface area contributed by atoms with Crippen LogP contribution in [0.1, 0.15) is 27.7 Å². The lowest BCUT2D eigenvalue weighted by Gasteiger charge is -2.34. The Morgan fingerprint density at radius 1 is 1.45 bits per heavy atom. The van der Waals surface area contributed by atoms with Crippen molar-refractivity contribution in [2.45, 2.75) is 33.7 Å². The second-order valence-electron chi connectivity index (χ2n) is 6.43. The van der Waals surface area contributed by atoms with Crippen LogP contribution in [0.25, 0.3) is 0 Å². The number of rotatable bonds is 5. The standard InChI is InChI=1S/C15H22ClN3O3/c1-10(15(2,3)4)18(5)9-14(20)17-13-7-6-11(19(21)22)8-12(13)16/h6-8,10H,9H2,1-5H3,(H,17,20). The summed E-state index contributed by atoms with van der Waals surface area (Å²) in [6.45, 7) is 8.61. The summed E-state index contributed by atoms with van der Waals surface area (Å²) >= 11 is 5.96. The number of nitrogens with zero attached hydrogens (tertiary/aromatic N) is 2. The molecule has 0 aliphatic carbocycles. The summed E-state index contributed by atoms with van der Waals surface area (Å²) in [6.07, 6.45) is 0. The third kappa shape index (κ3) is 4.96. The number of carbonyl (C=O) groups excluding carboxylic acids is 1. The molecule has 0 aliphatic rings. The van der Waals surface area contributed by atoms with Crippen molar-refractivity contribution in [3.8, 4) is 0 Å². The number of hydrogen-bond donors (Lipinski definition) is 1. The van der Waals surface area contributed by atoms with Crippen LogP contribution in [0.5, 0.6) is 0 Å². The minimum atomic E-state index is -0.531. The van der Waals surface area contributed by atoms with Gasteiger partial charge in [0.05, 0.1) is 22.2 Å². The second-order valence-corrected chi connectivity index (χ2v) is 6.83. The van der Waals surface area contributed by atoms with Crippen molar-refractivity contribution in [2.75, 3.05) is 18.9 Å². The van der Waals surface area contributed by atoms with E-state index >= 15 is 0 Å². The van der Waals surface area contributed by atoms with Crippen molar-refractivity contribution in [1.82, 2.24) is 4.90 Å². The van der Waals surface area contributed by atoms with Crippen LogP contribution in [0, 0.1) is 15.5 Å². The Morgan fingerprint density at radius 3 is 2.50 bits per heavy atom. The van der Waals surface area contributed by atoms with E-state index in [1.54, 1.807) is 0 Å². The molecule has 6 nitrogen and oxygen atoms in total. The number of nitro groups is 1. The maximum atomic E-state index is 12.1. The normalized spacial score (nSPS) is 13.0. The first-order chi connectivity index (χ1) is 10.0. The minimum Gasteiger partial charge on any atom is -0.324 e. The van der Waals surface area contributed by atoms with Gasteiger partial charge in [-0.15, -0.1) is 0 Å². The third-order valence-corrected chi connectivity index (χ3v) is 4.06. The van der Waals surface area contributed by atoms with Gasteiger partial charge in [-0.25, -0.2) is 0 Å². The molecular formula is C15H22ClN3O3. The molecule has 1 N–H and O–H groups in total. The van der Waals surface area contributed by atoms with Crippen molar-refractivity contribution < 1.29 is 9.72 Å². The zero-order valence-corrected chi connectivity index (χ0v) is 14.3. The highest BCUT2D eigenvalue weighted by Crippen LogP contribution is 2.27. The zero-order chi connectivity index (χ0) is 17.1. The Kier molecular flexibility index (Phi) is 5.91. The maximum Gasteiger partial charge on any atom is 0.271 e. The zero-order valence-electron chi connectivity index (χ0n) is 13.5. The van der Waals surface area contributed by atoms with Crippen molar-refractivity contribution in [1.29, 1.82) is 0 Å². The number of benzene rings is 1. The average Bonchev–Trinajstić information content (AvgIpc) is 2.38. The molecule has 1 rings (SSSR count). The fourth-order valence-electron chi connectivity index (χ4n) is 1.93. The van der Waals surface area contributed by atoms with Gasteiger partial charge in [0.1, 0.15) is 0 Å². The number of carbonyl (C=O) groups is 1. The Balaban J connectivity index is 2.72. The SMILES string of the molecule is CC(N(C)CC(=O)Nc1ccc([N+](=O)[O-])cc1Cl)C(C)(C)C. The van der Waals surface area contributed by atoms with E-state index in [-0.39, 0.29) is 34.6 Å². The molecule has 1 atom stereocenters. The fraction of sp³-hybridized carbons (Fsp3) is 0.533. The number of likely N-dealkylation sites (N-methyl/N-ethyl adjacent to an activating group) is 1. The highest BCUT2D eigenvalue weighted by molar-refractivity contribution is 6.34. The van der Waals surface area contributed by atoms with Crippen molar-refractivity contribution >= 4 is 28.9 Å². The first-order valence-electron chi connectivity index (χ1n) is 6.96.